The highest BCUT2D eigenvalue weighted by Gasteiger charge is 2.57. The average molecular weight is 823 g/mol. The maximum absolute atomic E-state index is 15.1. The first-order valence-electron chi connectivity index (χ1n) is 19.0. The molecule has 0 spiro atoms. The molecular weight excluding hydrogens is 779 g/mol. The van der Waals surface area contributed by atoms with Crippen LogP contribution in [0.3, 0.4) is 0 Å². The highest BCUT2D eigenvalue weighted by molar-refractivity contribution is 7.10. The molecule has 10 nitrogen and oxygen atoms in total. The highest BCUT2D eigenvalue weighted by Crippen LogP contribution is 2.47. The number of alkyl halides is 6. The van der Waals surface area contributed by atoms with Crippen LogP contribution in [-0.4, -0.2) is 74.8 Å². The van der Waals surface area contributed by atoms with Gasteiger partial charge in [0.2, 0.25) is 5.60 Å². The normalized spacial score (nSPS) is 22.9. The summed E-state index contributed by atoms with van der Waals surface area (Å²) in [5, 5.41) is 33.2. The monoisotopic (exact) mass is 822 g/mol. The van der Waals surface area contributed by atoms with Gasteiger partial charge >= 0.3 is 18.3 Å². The first-order chi connectivity index (χ1) is 27.0. The molecule has 4 heterocycles. The molecule has 3 aliphatic rings. The zero-order valence-electron chi connectivity index (χ0n) is 31.2. The van der Waals surface area contributed by atoms with Crippen molar-refractivity contribution in [1.29, 1.82) is 5.26 Å². The summed E-state index contributed by atoms with van der Waals surface area (Å²) in [4.78, 5) is 32.6. The van der Waals surface area contributed by atoms with Crippen molar-refractivity contribution < 1.29 is 55.6 Å². The summed E-state index contributed by atoms with van der Waals surface area (Å²) in [5.41, 5.74) is -4.96. The molecule has 1 saturated carbocycles. The molecule has 3 atom stereocenters. The van der Waals surface area contributed by atoms with Crippen molar-refractivity contribution in [2.24, 2.45) is 5.41 Å². The molecule has 0 bridgehead atoms. The Morgan fingerprint density at radius 1 is 1.04 bits per heavy atom. The molecule has 0 radical (unpaired) electrons. The number of benzene rings is 1. The van der Waals surface area contributed by atoms with Crippen molar-refractivity contribution in [3.8, 4) is 17.6 Å². The fourth-order valence-electron chi connectivity index (χ4n) is 8.59. The first-order valence-corrected chi connectivity index (χ1v) is 19.8. The van der Waals surface area contributed by atoms with Gasteiger partial charge in [-0.1, -0.05) is 38.0 Å². The van der Waals surface area contributed by atoms with E-state index in [4.69, 9.17) is 9.47 Å². The number of amides is 1. The summed E-state index contributed by atoms with van der Waals surface area (Å²) in [6, 6.07) is 9.85. The van der Waals surface area contributed by atoms with E-state index < -0.39 is 68.9 Å². The summed E-state index contributed by atoms with van der Waals surface area (Å²) in [6.45, 7) is 2.00. The molecule has 2 N–H and O–H groups in total. The zero-order valence-corrected chi connectivity index (χ0v) is 32.1. The van der Waals surface area contributed by atoms with Crippen LogP contribution >= 0.6 is 11.3 Å². The van der Waals surface area contributed by atoms with Gasteiger partial charge in [0.1, 0.15) is 22.6 Å². The predicted octanol–water partition coefficient (Wildman–Crippen LogP) is 8.36. The number of aromatic nitrogens is 1. The smallest absolute Gasteiger partial charge is 0.425 e. The average Bonchev–Trinajstić information content (AvgIpc) is 3.65. The molecule has 1 aliphatic carbocycles. The Hall–Kier alpha value is -4.40. The molecule has 3 fully saturated rings. The number of pyridine rings is 1. The fraction of sp³-hybridized carbons (Fsp3) is 0.550. The van der Waals surface area contributed by atoms with Gasteiger partial charge in [0.15, 0.2) is 0 Å². The lowest BCUT2D eigenvalue weighted by Gasteiger charge is -2.52. The largest absolute Gasteiger partial charge is 0.493 e. The summed E-state index contributed by atoms with van der Waals surface area (Å²) < 4.78 is 96.2. The summed E-state index contributed by atoms with van der Waals surface area (Å²) in [5.74, 6) is -1.30. The van der Waals surface area contributed by atoms with E-state index in [1.54, 1.807) is 31.2 Å². The standard InChI is InChI=1S/C40H44F6N4O6S/c1-2-7-31-38(56-26-22-32(57-24-26)40(44,45)46,13-6-18-50(31)33(51)27-23-48-17-10-28(27)39(41,42)43)34(52)49-19-14-37(25-47,15-20-49)29-8-3-4-9-30(29)55-21-16-36(35(53)54)11-5-12-36/h3-4,8-10,17,22-24,31,33,51H,2,5-7,11-16,18-21H2,1H3,(H,53,54)/t31-,33?,38+/m1/s1. The molecule has 6 rings (SSSR count). The van der Waals surface area contributed by atoms with Crippen molar-refractivity contribution >= 4 is 23.2 Å². The number of nitrogens with zero attached hydrogens (tertiary/aromatic N) is 4. The third-order valence-electron chi connectivity index (χ3n) is 11.9. The number of aliphatic hydroxyl groups excluding tert-OH is 1. The lowest BCUT2D eigenvalue weighted by atomic mass is 9.67. The van der Waals surface area contributed by atoms with Crippen LogP contribution in [-0.2, 0) is 27.4 Å². The number of para-hydroxylation sites is 1. The molecule has 1 amide bonds. The number of piperidine rings is 2. The topological polar surface area (TPSA) is 136 Å². The second-order valence-electron chi connectivity index (χ2n) is 15.1. The van der Waals surface area contributed by atoms with Gasteiger partial charge in [0, 0.05) is 54.6 Å². The Kier molecular flexibility index (Phi) is 12.2. The number of halogens is 6. The molecule has 308 valence electrons. The zero-order chi connectivity index (χ0) is 41.2. The van der Waals surface area contributed by atoms with Crippen molar-refractivity contribution in [3.05, 3.63) is 75.7 Å². The Balaban J connectivity index is 1.31. The minimum absolute atomic E-state index is 0.00944. The molecule has 1 aromatic carbocycles. The van der Waals surface area contributed by atoms with Crippen LogP contribution in [0, 0.1) is 16.7 Å². The summed E-state index contributed by atoms with van der Waals surface area (Å²) in [7, 11) is 0. The maximum atomic E-state index is 15.1. The van der Waals surface area contributed by atoms with E-state index in [-0.39, 0.29) is 64.1 Å². The van der Waals surface area contributed by atoms with Gasteiger partial charge in [0.05, 0.1) is 35.1 Å². The number of aliphatic carboxylic acids is 1. The van der Waals surface area contributed by atoms with Crippen LogP contribution in [0.1, 0.15) is 98.9 Å². The Bertz CT molecular complexity index is 1950. The van der Waals surface area contributed by atoms with Crippen LogP contribution in [0.5, 0.6) is 11.5 Å². The van der Waals surface area contributed by atoms with Gasteiger partial charge in [-0.15, -0.1) is 11.3 Å². The number of carboxylic acid groups (broad SMARTS) is 1. The van der Waals surface area contributed by atoms with E-state index in [9.17, 15) is 46.6 Å². The number of aliphatic hydroxyl groups is 1. The summed E-state index contributed by atoms with van der Waals surface area (Å²) in [6.07, 6.45) is -6.39. The van der Waals surface area contributed by atoms with E-state index in [0.717, 1.165) is 36.3 Å². The van der Waals surface area contributed by atoms with Gasteiger partial charge in [-0.2, -0.15) is 31.6 Å². The SMILES string of the molecule is CCC[C@H]1N(C(O)c2cnccc2C(F)(F)F)CCC[C@@]1(Oc1csc(C(F)(F)F)c1)C(=O)N1CCC(C#N)(c2ccccc2OCCC2(C(=O)O)CCC2)CC1. The van der Waals surface area contributed by atoms with Crippen molar-refractivity contribution in [3.63, 3.8) is 0 Å². The van der Waals surface area contributed by atoms with Gasteiger partial charge in [-0.3, -0.25) is 19.5 Å². The number of hydrogen-bond acceptors (Lipinski definition) is 9. The lowest BCUT2D eigenvalue weighted by Crippen LogP contribution is -2.68. The molecule has 2 aromatic heterocycles. The van der Waals surface area contributed by atoms with Gasteiger partial charge in [0.25, 0.3) is 5.91 Å². The molecule has 1 unspecified atom stereocenters. The van der Waals surface area contributed by atoms with Crippen LogP contribution in [0.15, 0.2) is 54.2 Å². The first kappa shape index (κ1) is 42.2. The van der Waals surface area contributed by atoms with Gasteiger partial charge < -0.3 is 24.6 Å². The van der Waals surface area contributed by atoms with E-state index in [1.807, 2.05) is 0 Å². The number of nitriles is 1. The highest BCUT2D eigenvalue weighted by atomic mass is 32.1. The molecular formula is C40H44F6N4O6S. The quantitative estimate of drug-likeness (QED) is 0.163. The third kappa shape index (κ3) is 8.31. The number of hydrogen-bond donors (Lipinski definition) is 2. The Morgan fingerprint density at radius 3 is 2.35 bits per heavy atom. The number of carboxylic acids is 1. The number of thiophene rings is 1. The van der Waals surface area contributed by atoms with Gasteiger partial charge in [-0.05, 0) is 63.5 Å². The minimum atomic E-state index is -4.84. The number of carbonyl (C=O) groups is 2. The Labute approximate surface area is 330 Å². The van der Waals surface area contributed by atoms with Crippen LogP contribution in [0.2, 0.25) is 0 Å². The predicted molar refractivity (Wildman–Crippen MR) is 195 cm³/mol. The van der Waals surface area contributed by atoms with E-state index in [2.05, 4.69) is 11.1 Å². The Morgan fingerprint density at radius 2 is 1.75 bits per heavy atom. The van der Waals surface area contributed by atoms with Crippen molar-refractivity contribution in [2.75, 3.05) is 26.2 Å². The lowest BCUT2D eigenvalue weighted by molar-refractivity contribution is -0.174. The second-order valence-corrected chi connectivity index (χ2v) is 16.0. The minimum Gasteiger partial charge on any atom is -0.493 e. The van der Waals surface area contributed by atoms with Crippen LogP contribution in [0.4, 0.5) is 26.3 Å². The van der Waals surface area contributed by atoms with E-state index in [1.165, 1.54) is 9.80 Å². The van der Waals surface area contributed by atoms with Crippen LogP contribution in [0.25, 0.3) is 0 Å². The van der Waals surface area contributed by atoms with E-state index >= 15 is 4.79 Å². The maximum Gasteiger partial charge on any atom is 0.425 e. The molecule has 17 heteroatoms. The molecule has 2 saturated heterocycles. The third-order valence-corrected chi connectivity index (χ3v) is 12.8. The number of rotatable bonds is 13. The molecule has 57 heavy (non-hydrogen) atoms. The second kappa shape index (κ2) is 16.5. The summed E-state index contributed by atoms with van der Waals surface area (Å²) >= 11 is 0.380. The van der Waals surface area contributed by atoms with Crippen molar-refractivity contribution in [2.45, 2.75) is 107 Å². The van der Waals surface area contributed by atoms with E-state index in [0.29, 0.717) is 48.3 Å². The van der Waals surface area contributed by atoms with Gasteiger partial charge in [-0.25, -0.2) is 0 Å². The number of likely N-dealkylation sites (tertiary alicyclic amines) is 2. The fourth-order valence-corrected chi connectivity index (χ4v) is 9.27. The number of ether oxygens (including phenoxy) is 2. The molecule has 2 aliphatic heterocycles. The number of carbonyl (C=O) groups excluding carboxylic acids is 1. The van der Waals surface area contributed by atoms with Crippen LogP contribution < -0.4 is 9.47 Å². The van der Waals surface area contributed by atoms with Crippen molar-refractivity contribution in [1.82, 2.24) is 14.8 Å². The molecule has 3 aromatic rings.